The zero-order valence-electron chi connectivity index (χ0n) is 19.1. The topological polar surface area (TPSA) is 81.9 Å². The van der Waals surface area contributed by atoms with E-state index in [0.717, 1.165) is 24.8 Å². The van der Waals surface area contributed by atoms with Gasteiger partial charge in [-0.2, -0.15) is 0 Å². The van der Waals surface area contributed by atoms with Crippen LogP contribution in [0.5, 0.6) is 0 Å². The van der Waals surface area contributed by atoms with Crippen molar-refractivity contribution < 1.29 is 23.5 Å². The van der Waals surface area contributed by atoms with E-state index in [1.54, 1.807) is 4.90 Å². The molecule has 1 amide bonds. The van der Waals surface area contributed by atoms with Crippen LogP contribution in [-0.4, -0.2) is 54.2 Å². The molecule has 2 saturated heterocycles. The molecule has 0 spiro atoms. The van der Waals surface area contributed by atoms with E-state index in [0.29, 0.717) is 37.5 Å². The summed E-state index contributed by atoms with van der Waals surface area (Å²) in [6.45, 7) is 5.19. The fourth-order valence-electron chi connectivity index (χ4n) is 5.18. The summed E-state index contributed by atoms with van der Waals surface area (Å²) < 4.78 is 16.9. The second-order valence-electron chi connectivity index (χ2n) is 8.58. The molecule has 2 fully saturated rings. The summed E-state index contributed by atoms with van der Waals surface area (Å²) in [6.07, 6.45) is 5.57. The van der Waals surface area contributed by atoms with E-state index in [9.17, 15) is 9.59 Å². The minimum Gasteiger partial charge on any atom is -0.469 e. The molecule has 4 rings (SSSR count). The van der Waals surface area contributed by atoms with E-state index < -0.39 is 0 Å². The molecule has 2 aromatic rings. The highest BCUT2D eigenvalue weighted by atomic mass is 16.5. The molecule has 0 radical (unpaired) electrons. The predicted molar refractivity (Wildman–Crippen MR) is 118 cm³/mol. The van der Waals surface area contributed by atoms with Gasteiger partial charge >= 0.3 is 5.97 Å². The molecule has 3 heterocycles. The summed E-state index contributed by atoms with van der Waals surface area (Å²) in [5.41, 5.74) is 2.74. The molecular formula is C25H32N2O5. The molecule has 0 N–H and O–H groups in total. The Morgan fingerprint density at radius 3 is 2.56 bits per heavy atom. The largest absolute Gasteiger partial charge is 0.469 e. The zero-order chi connectivity index (χ0) is 22.7. The summed E-state index contributed by atoms with van der Waals surface area (Å²) >= 11 is 0. The Morgan fingerprint density at radius 2 is 1.84 bits per heavy atom. The highest BCUT2D eigenvalue weighted by Gasteiger charge is 2.51. The lowest BCUT2D eigenvalue weighted by Crippen LogP contribution is -2.31. The Labute approximate surface area is 189 Å². The SMILES string of the molecule is CCN(CC)C(=O)c1coc([C@@H]2[C@H]3CCC(O3)[C@@H]2Cc2ccccc2CCC(=O)OC)n1. The molecular weight excluding hydrogens is 408 g/mol. The van der Waals surface area contributed by atoms with Crippen molar-refractivity contribution in [3.8, 4) is 0 Å². The van der Waals surface area contributed by atoms with E-state index in [2.05, 4.69) is 17.1 Å². The quantitative estimate of drug-likeness (QED) is 0.552. The summed E-state index contributed by atoms with van der Waals surface area (Å²) in [7, 11) is 1.42. The molecule has 2 aliphatic rings. The number of amides is 1. The number of carbonyl (C=O) groups is 2. The lowest BCUT2D eigenvalue weighted by atomic mass is 9.75. The highest BCUT2D eigenvalue weighted by molar-refractivity contribution is 5.91. The van der Waals surface area contributed by atoms with Gasteiger partial charge in [-0.15, -0.1) is 0 Å². The second-order valence-corrected chi connectivity index (χ2v) is 8.58. The first-order valence-corrected chi connectivity index (χ1v) is 11.6. The van der Waals surface area contributed by atoms with Gasteiger partial charge in [-0.25, -0.2) is 4.98 Å². The fourth-order valence-corrected chi connectivity index (χ4v) is 5.18. The van der Waals surface area contributed by atoms with Crippen LogP contribution in [0.4, 0.5) is 0 Å². The number of ether oxygens (including phenoxy) is 2. The van der Waals surface area contributed by atoms with Crippen LogP contribution in [0, 0.1) is 5.92 Å². The molecule has 0 aliphatic carbocycles. The zero-order valence-corrected chi connectivity index (χ0v) is 19.1. The molecule has 2 aliphatic heterocycles. The van der Waals surface area contributed by atoms with Crippen LogP contribution in [0.1, 0.15) is 66.5 Å². The fraction of sp³-hybridized carbons (Fsp3) is 0.560. The second kappa shape index (κ2) is 9.86. The molecule has 2 bridgehead atoms. The Kier molecular flexibility index (Phi) is 6.94. The van der Waals surface area contributed by atoms with Crippen molar-refractivity contribution in [2.24, 2.45) is 5.92 Å². The third-order valence-electron chi connectivity index (χ3n) is 6.90. The maximum Gasteiger partial charge on any atom is 0.305 e. The molecule has 32 heavy (non-hydrogen) atoms. The molecule has 0 saturated carbocycles. The molecule has 1 aromatic heterocycles. The van der Waals surface area contributed by atoms with Crippen LogP contribution in [0.15, 0.2) is 34.9 Å². The number of aryl methyl sites for hydroxylation is 1. The van der Waals surface area contributed by atoms with Crippen LogP contribution < -0.4 is 0 Å². The van der Waals surface area contributed by atoms with Gasteiger partial charge in [0, 0.05) is 25.4 Å². The van der Waals surface area contributed by atoms with Gasteiger partial charge in [0.2, 0.25) is 5.89 Å². The van der Waals surface area contributed by atoms with Gasteiger partial charge in [-0.3, -0.25) is 9.59 Å². The average Bonchev–Trinajstić information content (AvgIpc) is 3.55. The van der Waals surface area contributed by atoms with E-state index in [1.165, 1.54) is 18.9 Å². The predicted octanol–water partition coefficient (Wildman–Crippen LogP) is 3.77. The number of esters is 1. The number of benzene rings is 1. The van der Waals surface area contributed by atoms with E-state index in [1.807, 2.05) is 26.0 Å². The summed E-state index contributed by atoms with van der Waals surface area (Å²) in [4.78, 5) is 30.7. The highest BCUT2D eigenvalue weighted by Crippen LogP contribution is 2.50. The van der Waals surface area contributed by atoms with E-state index >= 15 is 0 Å². The Balaban J connectivity index is 1.54. The van der Waals surface area contributed by atoms with Gasteiger partial charge in [-0.1, -0.05) is 24.3 Å². The first-order chi connectivity index (χ1) is 15.5. The van der Waals surface area contributed by atoms with Gasteiger partial charge in [0.25, 0.3) is 5.91 Å². The number of fused-ring (bicyclic) bond motifs is 2. The van der Waals surface area contributed by atoms with Gasteiger partial charge in [0.15, 0.2) is 5.69 Å². The van der Waals surface area contributed by atoms with Crippen molar-refractivity contribution in [3.05, 3.63) is 53.2 Å². The monoisotopic (exact) mass is 440 g/mol. The molecule has 1 unspecified atom stereocenters. The van der Waals surface area contributed by atoms with Crippen molar-refractivity contribution in [1.82, 2.24) is 9.88 Å². The summed E-state index contributed by atoms with van der Waals surface area (Å²) in [5.74, 6) is 0.554. The van der Waals surface area contributed by atoms with E-state index in [4.69, 9.17) is 13.9 Å². The number of rotatable bonds is 9. The number of carbonyl (C=O) groups excluding carboxylic acids is 2. The lowest BCUT2D eigenvalue weighted by Gasteiger charge is -2.26. The van der Waals surface area contributed by atoms with Crippen molar-refractivity contribution in [3.63, 3.8) is 0 Å². The van der Waals surface area contributed by atoms with Crippen LogP contribution in [-0.2, 0) is 27.1 Å². The van der Waals surface area contributed by atoms with E-state index in [-0.39, 0.29) is 35.9 Å². The van der Waals surface area contributed by atoms with Gasteiger partial charge in [0.05, 0.1) is 25.2 Å². The molecule has 7 heteroatoms. The molecule has 172 valence electrons. The number of nitrogens with zero attached hydrogens (tertiary/aromatic N) is 2. The standard InChI is InChI=1S/C25H32N2O5/c1-4-27(5-2)25(29)19-15-31-24(26-19)23-18(20-11-12-21(23)32-20)14-17-9-7-6-8-16(17)10-13-22(28)30-3/h6-9,15,18,20-21,23H,4-5,10-14H2,1-3H3/t18-,20?,21+,23-/m0/s1. The molecule has 4 atom stereocenters. The third kappa shape index (κ3) is 4.44. The summed E-state index contributed by atoms with van der Waals surface area (Å²) in [5, 5.41) is 0. The minimum absolute atomic E-state index is 0.0284. The molecule has 1 aromatic carbocycles. The van der Waals surface area contributed by atoms with Crippen LogP contribution >= 0.6 is 0 Å². The summed E-state index contributed by atoms with van der Waals surface area (Å²) in [6, 6.07) is 8.24. The third-order valence-corrected chi connectivity index (χ3v) is 6.90. The normalized spacial score (nSPS) is 24.0. The smallest absolute Gasteiger partial charge is 0.305 e. The van der Waals surface area contributed by atoms with Crippen molar-refractivity contribution in [2.45, 2.75) is 64.1 Å². The minimum atomic E-state index is -0.203. The maximum atomic E-state index is 12.7. The maximum absolute atomic E-state index is 12.7. The number of aromatic nitrogens is 1. The number of hydrogen-bond donors (Lipinski definition) is 0. The van der Waals surface area contributed by atoms with Crippen LogP contribution in [0.25, 0.3) is 0 Å². The molecule has 7 nitrogen and oxygen atoms in total. The van der Waals surface area contributed by atoms with Crippen LogP contribution in [0.3, 0.4) is 0 Å². The Bertz CT molecular complexity index is 951. The van der Waals surface area contributed by atoms with Crippen molar-refractivity contribution in [1.29, 1.82) is 0 Å². The van der Waals surface area contributed by atoms with Gasteiger partial charge < -0.3 is 18.8 Å². The first kappa shape index (κ1) is 22.5. The first-order valence-electron chi connectivity index (χ1n) is 11.6. The lowest BCUT2D eigenvalue weighted by molar-refractivity contribution is -0.140. The van der Waals surface area contributed by atoms with Crippen molar-refractivity contribution in [2.75, 3.05) is 20.2 Å². The van der Waals surface area contributed by atoms with Crippen molar-refractivity contribution >= 4 is 11.9 Å². The van der Waals surface area contributed by atoms with Crippen LogP contribution in [0.2, 0.25) is 0 Å². The number of hydrogen-bond acceptors (Lipinski definition) is 6. The average molecular weight is 441 g/mol. The Hall–Kier alpha value is -2.67. The van der Waals surface area contributed by atoms with Gasteiger partial charge in [-0.05, 0) is 50.7 Å². The van der Waals surface area contributed by atoms with Gasteiger partial charge in [0.1, 0.15) is 6.26 Å². The number of oxazole rings is 1. The number of methoxy groups -OCH3 is 1. The Morgan fingerprint density at radius 1 is 1.12 bits per heavy atom.